The van der Waals surface area contributed by atoms with Crippen LogP contribution in [0.2, 0.25) is 5.02 Å². The van der Waals surface area contributed by atoms with Crippen molar-refractivity contribution in [3.8, 4) is 17.5 Å². The number of aromatic nitrogens is 2. The molecule has 2 heterocycles. The summed E-state index contributed by atoms with van der Waals surface area (Å²) in [5.41, 5.74) is 1.52. The third kappa shape index (κ3) is 4.20. The normalized spacial score (nSPS) is 14.2. The fourth-order valence-electron chi connectivity index (χ4n) is 3.54. The minimum absolute atomic E-state index is 0.0705. The first-order valence-electron chi connectivity index (χ1n) is 9.81. The number of rotatable bonds is 8. The Morgan fingerprint density at radius 2 is 2.00 bits per heavy atom. The molecule has 0 saturated heterocycles. The third-order valence-electron chi connectivity index (χ3n) is 5.34. The van der Waals surface area contributed by atoms with E-state index in [0.717, 1.165) is 19.0 Å². The maximum atomic E-state index is 14.1. The van der Waals surface area contributed by atoms with Crippen molar-refractivity contribution in [1.82, 2.24) is 14.3 Å². The number of hydrogen-bond acceptors (Lipinski definition) is 4. The van der Waals surface area contributed by atoms with Crippen LogP contribution in [-0.2, 0) is 16.6 Å². The van der Waals surface area contributed by atoms with Gasteiger partial charge in [0, 0.05) is 18.1 Å². The van der Waals surface area contributed by atoms with Gasteiger partial charge < -0.3 is 4.57 Å². The summed E-state index contributed by atoms with van der Waals surface area (Å²) in [5, 5.41) is 10.1. The molecule has 32 heavy (non-hydrogen) atoms. The van der Waals surface area contributed by atoms with Crippen LogP contribution < -0.4 is 4.72 Å². The summed E-state index contributed by atoms with van der Waals surface area (Å²) in [6.45, 7) is -1.80. The summed E-state index contributed by atoms with van der Waals surface area (Å²) < 4.78 is 68.1. The maximum absolute atomic E-state index is 14.1. The number of benzene rings is 1. The Kier molecular flexibility index (Phi) is 6.16. The molecule has 1 aliphatic rings. The molecular weight excluding hydrogens is 465 g/mol. The summed E-state index contributed by atoms with van der Waals surface area (Å²) in [7, 11) is -4.18. The van der Waals surface area contributed by atoms with E-state index in [1.54, 1.807) is 0 Å². The average molecular weight is 483 g/mol. The van der Waals surface area contributed by atoms with Crippen molar-refractivity contribution < 1.29 is 21.6 Å². The molecule has 1 aromatic carbocycles. The van der Waals surface area contributed by atoms with Gasteiger partial charge in [-0.15, -0.1) is 0 Å². The van der Waals surface area contributed by atoms with Crippen LogP contribution >= 0.6 is 11.6 Å². The van der Waals surface area contributed by atoms with Crippen LogP contribution in [0.15, 0.2) is 35.4 Å². The van der Waals surface area contributed by atoms with Gasteiger partial charge in [0.2, 0.25) is 10.0 Å². The maximum Gasteiger partial charge on any atom is 0.242 e. The van der Waals surface area contributed by atoms with E-state index >= 15 is 0 Å². The van der Waals surface area contributed by atoms with E-state index < -0.39 is 35.2 Å². The van der Waals surface area contributed by atoms with Gasteiger partial charge in [0.25, 0.3) is 0 Å². The van der Waals surface area contributed by atoms with Crippen molar-refractivity contribution in [2.75, 3.05) is 13.3 Å². The van der Waals surface area contributed by atoms with E-state index in [9.17, 15) is 26.9 Å². The molecule has 4 rings (SSSR count). The Labute approximate surface area is 187 Å². The van der Waals surface area contributed by atoms with Gasteiger partial charge in [-0.1, -0.05) is 11.6 Å². The van der Waals surface area contributed by atoms with E-state index in [4.69, 9.17) is 11.6 Å². The molecule has 1 saturated carbocycles. The lowest BCUT2D eigenvalue weighted by atomic mass is 10.1. The second-order valence-corrected chi connectivity index (χ2v) is 9.80. The number of pyridine rings is 1. The highest BCUT2D eigenvalue weighted by Gasteiger charge is 2.28. The van der Waals surface area contributed by atoms with Gasteiger partial charge in [0.15, 0.2) is 0 Å². The van der Waals surface area contributed by atoms with Gasteiger partial charge in [-0.05, 0) is 43.0 Å². The lowest BCUT2D eigenvalue weighted by Gasteiger charge is -2.13. The highest BCUT2D eigenvalue weighted by molar-refractivity contribution is 7.89. The molecule has 0 radical (unpaired) electrons. The van der Waals surface area contributed by atoms with Crippen LogP contribution in [0.5, 0.6) is 0 Å². The van der Waals surface area contributed by atoms with Crippen LogP contribution in [0.1, 0.15) is 18.4 Å². The molecule has 0 bridgehead atoms. The number of sulfonamides is 1. The van der Waals surface area contributed by atoms with Crippen LogP contribution in [0.25, 0.3) is 22.3 Å². The molecule has 3 aromatic rings. The van der Waals surface area contributed by atoms with E-state index in [2.05, 4.69) is 11.1 Å². The van der Waals surface area contributed by atoms with Gasteiger partial charge in [0.1, 0.15) is 30.1 Å². The van der Waals surface area contributed by atoms with Gasteiger partial charge in [-0.25, -0.2) is 26.3 Å². The van der Waals surface area contributed by atoms with Crippen molar-refractivity contribution in [2.24, 2.45) is 5.92 Å². The molecule has 1 aliphatic carbocycles. The summed E-state index contributed by atoms with van der Waals surface area (Å²) in [5.74, 6) is -0.247. The van der Waals surface area contributed by atoms with Crippen LogP contribution in [0, 0.1) is 23.1 Å². The number of nitrogens with zero attached hydrogens (tertiary/aromatic N) is 3. The van der Waals surface area contributed by atoms with Gasteiger partial charge >= 0.3 is 0 Å². The molecule has 6 nitrogen and oxygen atoms in total. The highest BCUT2D eigenvalue weighted by atomic mass is 35.5. The molecule has 11 heteroatoms. The van der Waals surface area contributed by atoms with Crippen molar-refractivity contribution in [3.05, 3.63) is 46.9 Å². The molecule has 0 unspecified atom stereocenters. The molecule has 2 aromatic heterocycles. The number of hydrogen-bond donors (Lipinski definition) is 1. The molecule has 1 fully saturated rings. The largest absolute Gasteiger partial charge is 0.338 e. The zero-order valence-electron chi connectivity index (χ0n) is 16.7. The number of nitriles is 1. The van der Waals surface area contributed by atoms with Crippen molar-refractivity contribution in [3.63, 3.8) is 0 Å². The molecule has 0 spiro atoms. The van der Waals surface area contributed by atoms with Crippen molar-refractivity contribution in [2.45, 2.75) is 30.3 Å². The van der Waals surface area contributed by atoms with Gasteiger partial charge in [-0.2, -0.15) is 5.26 Å². The van der Waals surface area contributed by atoms with E-state index in [1.807, 2.05) is 9.29 Å². The first-order valence-corrected chi connectivity index (χ1v) is 11.7. The first kappa shape index (κ1) is 22.6. The molecule has 1 N–H and O–H groups in total. The molecular formula is C21H18ClF3N4O2S. The number of nitrogens with one attached hydrogen (secondary N) is 1. The number of halogens is 4. The van der Waals surface area contributed by atoms with Crippen molar-refractivity contribution in [1.29, 1.82) is 5.26 Å². The SMILES string of the molecule is N#Cc1c(-c2ccc(S(=O)(=O)NC(CF)CF)cn2)n(CC2CC2)c2cc(Cl)c(F)cc12. The summed E-state index contributed by atoms with van der Waals surface area (Å²) in [4.78, 5) is 3.93. The van der Waals surface area contributed by atoms with E-state index in [1.165, 1.54) is 24.3 Å². The lowest BCUT2D eigenvalue weighted by Crippen LogP contribution is -2.37. The Hall–Kier alpha value is -2.61. The van der Waals surface area contributed by atoms with E-state index in [-0.39, 0.29) is 15.5 Å². The molecule has 168 valence electrons. The minimum atomic E-state index is -4.18. The zero-order valence-corrected chi connectivity index (χ0v) is 18.2. The Bertz CT molecular complexity index is 1310. The standard InChI is InChI=1S/C21H18ClF3N4O2S/c22-17-6-20-15(5-18(17)25)16(9-26)21(29(20)11-12-1-2-12)19-4-3-14(10-27-19)32(30,31)28-13(7-23)8-24/h3-6,10,12-13,28H,1-2,7-8,11H2. The lowest BCUT2D eigenvalue weighted by molar-refractivity contribution is 0.334. The number of fused-ring (bicyclic) bond motifs is 1. The second-order valence-electron chi connectivity index (χ2n) is 7.68. The molecule has 0 atom stereocenters. The quantitative estimate of drug-likeness (QED) is 0.516. The topological polar surface area (TPSA) is 87.8 Å². The predicted octanol–water partition coefficient (Wildman–Crippen LogP) is 4.36. The average Bonchev–Trinajstić information content (AvgIpc) is 3.55. The smallest absolute Gasteiger partial charge is 0.242 e. The van der Waals surface area contributed by atoms with Crippen molar-refractivity contribution >= 4 is 32.5 Å². The Morgan fingerprint density at radius 1 is 1.28 bits per heavy atom. The van der Waals surface area contributed by atoms with Gasteiger partial charge in [-0.3, -0.25) is 4.98 Å². The molecule has 0 amide bonds. The van der Waals surface area contributed by atoms with Crippen LogP contribution in [0.4, 0.5) is 13.2 Å². The fourth-order valence-corrected chi connectivity index (χ4v) is 4.84. The first-order chi connectivity index (χ1) is 15.3. The highest BCUT2D eigenvalue weighted by Crippen LogP contribution is 2.39. The second kappa shape index (κ2) is 8.73. The Balaban J connectivity index is 1.82. The zero-order chi connectivity index (χ0) is 23.0. The summed E-state index contributed by atoms with van der Waals surface area (Å²) in [6, 6.07) is 5.94. The third-order valence-corrected chi connectivity index (χ3v) is 7.13. The van der Waals surface area contributed by atoms with Crippen LogP contribution in [0.3, 0.4) is 0 Å². The summed E-state index contributed by atoms with van der Waals surface area (Å²) in [6.07, 6.45) is 3.10. The Morgan fingerprint density at radius 3 is 2.56 bits per heavy atom. The fraction of sp³-hybridized carbons (Fsp3) is 0.333. The molecule has 0 aliphatic heterocycles. The number of alkyl halides is 2. The predicted molar refractivity (Wildman–Crippen MR) is 114 cm³/mol. The van der Waals surface area contributed by atoms with E-state index in [0.29, 0.717) is 34.8 Å². The monoisotopic (exact) mass is 482 g/mol. The summed E-state index contributed by atoms with van der Waals surface area (Å²) >= 11 is 5.99. The minimum Gasteiger partial charge on any atom is -0.338 e. The van der Waals surface area contributed by atoms with Gasteiger partial charge in [0.05, 0.1) is 33.5 Å². The van der Waals surface area contributed by atoms with Crippen LogP contribution in [-0.4, -0.2) is 37.4 Å².